The number of nitrogens with zero attached hydrogens (tertiary/aromatic N) is 3. The van der Waals surface area contributed by atoms with Gasteiger partial charge in [-0.25, -0.2) is 4.98 Å². The molecule has 31 heavy (non-hydrogen) atoms. The summed E-state index contributed by atoms with van der Waals surface area (Å²) in [4.78, 5) is 11.3. The van der Waals surface area contributed by atoms with Gasteiger partial charge in [0.25, 0.3) is 0 Å². The highest BCUT2D eigenvalue weighted by molar-refractivity contribution is 14.0. The van der Waals surface area contributed by atoms with Crippen LogP contribution in [0.5, 0.6) is 11.5 Å². The lowest BCUT2D eigenvalue weighted by Gasteiger charge is -2.21. The Balaban J connectivity index is 0.00000341. The second-order valence-electron chi connectivity index (χ2n) is 7.30. The molecule has 0 unspecified atom stereocenters. The quantitative estimate of drug-likeness (QED) is 0.230. The number of benzene rings is 1. The Morgan fingerprint density at radius 1 is 1.00 bits per heavy atom. The Kier molecular flexibility index (Phi) is 11.3. The number of hydrogen-bond acceptors (Lipinski definition) is 5. The molecule has 2 N–H and O–H groups in total. The molecule has 2 heterocycles. The minimum absolute atomic E-state index is 0. The average Bonchev–Trinajstić information content (AvgIpc) is 3.09. The van der Waals surface area contributed by atoms with E-state index < -0.39 is 0 Å². The molecule has 0 aliphatic carbocycles. The minimum atomic E-state index is 0. The van der Waals surface area contributed by atoms with Crippen LogP contribution in [0.25, 0.3) is 0 Å². The van der Waals surface area contributed by atoms with Crippen molar-refractivity contribution in [3.8, 4) is 11.5 Å². The fourth-order valence-corrected chi connectivity index (χ4v) is 3.42. The van der Waals surface area contributed by atoms with E-state index in [1.54, 1.807) is 14.2 Å². The predicted molar refractivity (Wildman–Crippen MR) is 137 cm³/mol. The number of anilines is 1. The maximum absolute atomic E-state index is 5.73. The van der Waals surface area contributed by atoms with E-state index in [0.29, 0.717) is 19.7 Å². The van der Waals surface area contributed by atoms with Crippen molar-refractivity contribution in [2.24, 2.45) is 4.99 Å². The van der Waals surface area contributed by atoms with Gasteiger partial charge in [0, 0.05) is 32.9 Å². The second kappa shape index (κ2) is 14.0. The van der Waals surface area contributed by atoms with Gasteiger partial charge < -0.3 is 25.0 Å². The van der Waals surface area contributed by atoms with Gasteiger partial charge in [-0.05, 0) is 48.7 Å². The topological polar surface area (TPSA) is 71.0 Å². The number of hydrogen-bond donors (Lipinski definition) is 2. The standard InChI is InChI=1S/C23H33N5O2.HI/c1-24-23(25-13-16-30-21-10-8-20(29-2)9-11-21)27-18-19-7-12-22(26-17-19)28-14-5-3-4-6-15-28;/h7-12,17H,3-6,13-16,18H2,1-2H3,(H2,24,25,27);1H. The summed E-state index contributed by atoms with van der Waals surface area (Å²) in [6.45, 7) is 4.09. The van der Waals surface area contributed by atoms with E-state index in [1.807, 2.05) is 30.5 Å². The van der Waals surface area contributed by atoms with Crippen LogP contribution in [0.1, 0.15) is 31.2 Å². The van der Waals surface area contributed by atoms with E-state index in [4.69, 9.17) is 9.47 Å². The van der Waals surface area contributed by atoms with E-state index in [9.17, 15) is 0 Å². The number of rotatable bonds is 8. The lowest BCUT2D eigenvalue weighted by atomic mass is 10.2. The molecule has 0 bridgehead atoms. The Morgan fingerprint density at radius 2 is 1.71 bits per heavy atom. The van der Waals surface area contributed by atoms with Crippen molar-refractivity contribution in [3.63, 3.8) is 0 Å². The molecule has 1 saturated heterocycles. The summed E-state index contributed by atoms with van der Waals surface area (Å²) in [5, 5.41) is 6.58. The lowest BCUT2D eigenvalue weighted by molar-refractivity contribution is 0.321. The zero-order chi connectivity index (χ0) is 21.0. The van der Waals surface area contributed by atoms with Gasteiger partial charge in [-0.1, -0.05) is 18.9 Å². The second-order valence-corrected chi connectivity index (χ2v) is 7.30. The summed E-state index contributed by atoms with van der Waals surface area (Å²) >= 11 is 0. The van der Waals surface area contributed by atoms with Crippen LogP contribution in [-0.2, 0) is 6.54 Å². The van der Waals surface area contributed by atoms with Crippen molar-refractivity contribution in [1.29, 1.82) is 0 Å². The monoisotopic (exact) mass is 539 g/mol. The van der Waals surface area contributed by atoms with Crippen LogP contribution in [0.3, 0.4) is 0 Å². The van der Waals surface area contributed by atoms with Crippen LogP contribution in [0.4, 0.5) is 5.82 Å². The molecule has 0 atom stereocenters. The molecule has 0 saturated carbocycles. The third-order valence-electron chi connectivity index (χ3n) is 5.15. The molecule has 0 amide bonds. The molecule has 1 aromatic carbocycles. The van der Waals surface area contributed by atoms with Gasteiger partial charge in [-0.3, -0.25) is 4.99 Å². The van der Waals surface area contributed by atoms with E-state index in [-0.39, 0.29) is 24.0 Å². The SMILES string of the molecule is CN=C(NCCOc1ccc(OC)cc1)NCc1ccc(N2CCCCCC2)nc1.I. The minimum Gasteiger partial charge on any atom is -0.497 e. The summed E-state index contributed by atoms with van der Waals surface area (Å²) < 4.78 is 10.9. The van der Waals surface area contributed by atoms with Crippen LogP contribution in [0.2, 0.25) is 0 Å². The van der Waals surface area contributed by atoms with Gasteiger partial charge in [-0.2, -0.15) is 0 Å². The first-order valence-electron chi connectivity index (χ1n) is 10.7. The van der Waals surface area contributed by atoms with Gasteiger partial charge in [0.05, 0.1) is 13.7 Å². The van der Waals surface area contributed by atoms with Crippen LogP contribution < -0.4 is 25.0 Å². The highest BCUT2D eigenvalue weighted by Gasteiger charge is 2.10. The number of nitrogens with one attached hydrogen (secondary N) is 2. The highest BCUT2D eigenvalue weighted by atomic mass is 127. The fourth-order valence-electron chi connectivity index (χ4n) is 3.42. The van der Waals surface area contributed by atoms with Crippen molar-refractivity contribution in [1.82, 2.24) is 15.6 Å². The van der Waals surface area contributed by atoms with Crippen molar-refractivity contribution in [2.45, 2.75) is 32.2 Å². The highest BCUT2D eigenvalue weighted by Crippen LogP contribution is 2.18. The first-order valence-corrected chi connectivity index (χ1v) is 10.7. The normalized spacial score (nSPS) is 14.3. The van der Waals surface area contributed by atoms with E-state index in [2.05, 4.69) is 37.6 Å². The Morgan fingerprint density at radius 3 is 2.32 bits per heavy atom. The van der Waals surface area contributed by atoms with Crippen LogP contribution >= 0.6 is 24.0 Å². The molecule has 1 aromatic heterocycles. The van der Waals surface area contributed by atoms with Crippen molar-refractivity contribution in [3.05, 3.63) is 48.2 Å². The van der Waals surface area contributed by atoms with Crippen molar-refractivity contribution < 1.29 is 9.47 Å². The first-order chi connectivity index (χ1) is 14.8. The molecule has 2 aromatic rings. The first kappa shape index (κ1) is 25.0. The Hall–Kier alpha value is -2.23. The van der Waals surface area contributed by atoms with E-state index in [0.717, 1.165) is 41.9 Å². The molecule has 170 valence electrons. The number of aromatic nitrogens is 1. The van der Waals surface area contributed by atoms with Gasteiger partial charge >= 0.3 is 0 Å². The Labute approximate surface area is 202 Å². The maximum atomic E-state index is 5.73. The van der Waals surface area contributed by atoms with Crippen molar-refractivity contribution in [2.75, 3.05) is 45.3 Å². The summed E-state index contributed by atoms with van der Waals surface area (Å²) in [6, 6.07) is 11.8. The van der Waals surface area contributed by atoms with Gasteiger partial charge in [-0.15, -0.1) is 24.0 Å². The molecule has 1 aliphatic heterocycles. The molecule has 0 spiro atoms. The van der Waals surface area contributed by atoms with Crippen LogP contribution in [0.15, 0.2) is 47.6 Å². The predicted octanol–water partition coefficient (Wildman–Crippen LogP) is 3.83. The molecule has 8 heteroatoms. The number of halogens is 1. The summed E-state index contributed by atoms with van der Waals surface area (Å²) in [5.74, 6) is 3.46. The molecular formula is C23H34IN5O2. The number of guanidine groups is 1. The molecular weight excluding hydrogens is 505 g/mol. The van der Waals surface area contributed by atoms with Gasteiger partial charge in [0.15, 0.2) is 5.96 Å². The number of ether oxygens (including phenoxy) is 2. The maximum Gasteiger partial charge on any atom is 0.191 e. The molecule has 0 radical (unpaired) electrons. The zero-order valence-electron chi connectivity index (χ0n) is 18.5. The Bertz CT molecular complexity index is 776. The van der Waals surface area contributed by atoms with Gasteiger partial charge in [0.2, 0.25) is 0 Å². The smallest absolute Gasteiger partial charge is 0.191 e. The summed E-state index contributed by atoms with van der Waals surface area (Å²) in [7, 11) is 3.42. The van der Waals surface area contributed by atoms with Crippen LogP contribution in [-0.4, -0.2) is 51.3 Å². The fraction of sp³-hybridized carbons (Fsp3) is 0.478. The lowest BCUT2D eigenvalue weighted by Crippen LogP contribution is -2.38. The third-order valence-corrected chi connectivity index (χ3v) is 5.15. The average molecular weight is 539 g/mol. The number of pyridine rings is 1. The van der Waals surface area contributed by atoms with E-state index >= 15 is 0 Å². The van der Waals surface area contributed by atoms with Gasteiger partial charge in [0.1, 0.15) is 23.9 Å². The molecule has 7 nitrogen and oxygen atoms in total. The molecule has 1 aliphatic rings. The summed E-state index contributed by atoms with van der Waals surface area (Å²) in [6.07, 6.45) is 7.13. The molecule has 3 rings (SSSR count). The van der Waals surface area contributed by atoms with Crippen LogP contribution in [0, 0.1) is 0 Å². The number of aliphatic imine (C=N–C) groups is 1. The largest absolute Gasteiger partial charge is 0.497 e. The third kappa shape index (κ3) is 8.43. The zero-order valence-corrected chi connectivity index (χ0v) is 20.8. The van der Waals surface area contributed by atoms with E-state index in [1.165, 1.54) is 25.7 Å². The van der Waals surface area contributed by atoms with Crippen molar-refractivity contribution >= 4 is 35.8 Å². The molecule has 1 fully saturated rings. The number of methoxy groups -OCH3 is 1. The summed E-state index contributed by atoms with van der Waals surface area (Å²) in [5.41, 5.74) is 1.13.